The molecule has 7 atom stereocenters. The van der Waals surface area contributed by atoms with Crippen LogP contribution in [0.3, 0.4) is 0 Å². The van der Waals surface area contributed by atoms with Gasteiger partial charge in [0.1, 0.15) is 17.7 Å². The Bertz CT molecular complexity index is 1510. The lowest BCUT2D eigenvalue weighted by Crippen LogP contribution is -2.58. The maximum atomic E-state index is 12.5. The Hall–Kier alpha value is -2.78. The minimum Gasteiger partial charge on any atom is -0.448 e. The molecule has 4 aliphatic heterocycles. The van der Waals surface area contributed by atoms with Gasteiger partial charge in [0, 0.05) is 21.2 Å². The van der Waals surface area contributed by atoms with Crippen LogP contribution in [0.25, 0.3) is 0 Å². The van der Waals surface area contributed by atoms with Crippen molar-refractivity contribution in [2.45, 2.75) is 96.5 Å². The van der Waals surface area contributed by atoms with Gasteiger partial charge in [-0.3, -0.25) is 19.3 Å². The maximum Gasteiger partial charge on any atom is 0.411 e. The summed E-state index contributed by atoms with van der Waals surface area (Å²) in [5.74, 6) is -1.41. The Labute approximate surface area is 337 Å². The molecule has 0 aliphatic carbocycles. The summed E-state index contributed by atoms with van der Waals surface area (Å²) in [4.78, 5) is 62.1. The highest BCUT2D eigenvalue weighted by molar-refractivity contribution is 7.59. The van der Waals surface area contributed by atoms with Crippen LogP contribution in [0.2, 0.25) is 0 Å². The SMILES string of the molecule is C.C.CC(C)(C)OC(=O)N1CCCC1C(=O)O[C@@H]1C(=O)N[C@@H]1c1cccs1.O=C1N[C@@H](c2cccs2)[C@H]1O.O=C1N[C@@H](c2cccs2)[C@H]1O.S.S.S. The molecule has 1 unspecified atom stereocenters. The topological polar surface area (TPSA) is 184 Å². The number of aliphatic hydroxyl groups is 2. The average molecular weight is 839 g/mol. The summed E-state index contributed by atoms with van der Waals surface area (Å²) in [7, 11) is 0. The number of carbonyl (C=O) groups excluding carboxylic acids is 5. The van der Waals surface area contributed by atoms with Crippen LogP contribution in [0, 0.1) is 0 Å². The zero-order valence-corrected chi connectivity index (χ0v) is 32.7. The van der Waals surface area contributed by atoms with Crippen LogP contribution in [0.4, 0.5) is 4.79 Å². The average Bonchev–Trinajstić information content (AvgIpc) is 3.87. The summed E-state index contributed by atoms with van der Waals surface area (Å²) in [6.07, 6.45) is -1.84. The van der Waals surface area contributed by atoms with Gasteiger partial charge in [-0.15, -0.1) is 34.0 Å². The van der Waals surface area contributed by atoms with E-state index in [2.05, 4.69) is 16.0 Å². The normalized spacial score (nSPS) is 24.9. The molecule has 3 aromatic rings. The van der Waals surface area contributed by atoms with Crippen molar-refractivity contribution in [1.82, 2.24) is 20.9 Å². The second-order valence-electron chi connectivity index (χ2n) is 12.1. The molecule has 292 valence electrons. The molecular formula is C33H50N4O9S6. The molecule has 4 saturated heterocycles. The van der Waals surface area contributed by atoms with Crippen molar-refractivity contribution in [2.75, 3.05) is 6.54 Å². The van der Waals surface area contributed by atoms with Crippen molar-refractivity contribution in [2.24, 2.45) is 0 Å². The molecule has 0 spiro atoms. The fourth-order valence-electron chi connectivity index (χ4n) is 5.07. The second kappa shape index (κ2) is 21.2. The van der Waals surface area contributed by atoms with E-state index in [-0.39, 0.29) is 91.2 Å². The third kappa shape index (κ3) is 11.6. The molecule has 0 aromatic carbocycles. The number of rotatable bonds is 5. The molecule has 4 aliphatic rings. The van der Waals surface area contributed by atoms with Crippen LogP contribution < -0.4 is 16.0 Å². The van der Waals surface area contributed by atoms with Gasteiger partial charge in [-0.1, -0.05) is 33.1 Å². The number of thiophene rings is 3. The van der Waals surface area contributed by atoms with E-state index in [0.717, 1.165) is 14.6 Å². The van der Waals surface area contributed by atoms with Crippen molar-refractivity contribution >= 4 is 104 Å². The van der Waals surface area contributed by atoms with Crippen LogP contribution >= 0.6 is 74.5 Å². The number of amides is 4. The molecule has 4 amide bonds. The monoisotopic (exact) mass is 838 g/mol. The molecule has 19 heteroatoms. The van der Waals surface area contributed by atoms with E-state index in [4.69, 9.17) is 19.7 Å². The molecule has 5 N–H and O–H groups in total. The van der Waals surface area contributed by atoms with Gasteiger partial charge in [0.25, 0.3) is 17.7 Å². The zero-order chi connectivity index (χ0) is 33.9. The van der Waals surface area contributed by atoms with E-state index in [1.54, 1.807) is 20.8 Å². The summed E-state index contributed by atoms with van der Waals surface area (Å²) in [6, 6.07) is 10.0. The lowest BCUT2D eigenvalue weighted by Gasteiger charge is -2.36. The summed E-state index contributed by atoms with van der Waals surface area (Å²) in [6.45, 7) is 5.77. The molecule has 7 heterocycles. The third-order valence-electron chi connectivity index (χ3n) is 7.57. The number of aliphatic hydroxyl groups excluding tert-OH is 2. The number of nitrogens with zero attached hydrogens (tertiary/aromatic N) is 1. The molecule has 3 aromatic heterocycles. The number of carbonyl (C=O) groups is 5. The molecule has 0 bridgehead atoms. The lowest BCUT2D eigenvalue weighted by molar-refractivity contribution is -0.169. The van der Waals surface area contributed by atoms with Crippen LogP contribution in [-0.4, -0.2) is 81.4 Å². The van der Waals surface area contributed by atoms with E-state index in [1.807, 2.05) is 52.5 Å². The van der Waals surface area contributed by atoms with Crippen LogP contribution in [0.1, 0.15) is 81.2 Å². The summed E-state index contributed by atoms with van der Waals surface area (Å²) in [5, 5.41) is 32.0. The smallest absolute Gasteiger partial charge is 0.411 e. The number of β-lactam (4-membered cyclic amide) rings is 3. The van der Waals surface area contributed by atoms with E-state index in [9.17, 15) is 24.0 Å². The van der Waals surface area contributed by atoms with Gasteiger partial charge in [0.15, 0.2) is 12.2 Å². The zero-order valence-electron chi connectivity index (χ0n) is 27.3. The number of likely N-dealkylation sites (tertiary alicyclic amines) is 1. The van der Waals surface area contributed by atoms with E-state index in [0.29, 0.717) is 19.4 Å². The molecule has 0 saturated carbocycles. The molecule has 0 radical (unpaired) electrons. The predicted octanol–water partition coefficient (Wildman–Crippen LogP) is 4.40. The Kier molecular flexibility index (Phi) is 20.1. The minimum atomic E-state index is -0.841. The minimum absolute atomic E-state index is 0. The number of hydrogen-bond acceptors (Lipinski definition) is 12. The van der Waals surface area contributed by atoms with Gasteiger partial charge >= 0.3 is 12.1 Å². The van der Waals surface area contributed by atoms with Crippen molar-refractivity contribution in [3.63, 3.8) is 0 Å². The Morgan fingerprint density at radius 1 is 0.750 bits per heavy atom. The number of hydrogen-bond donors (Lipinski definition) is 5. The standard InChI is InChI=1S/C17H22N2O5S.2C7H7NO2S.2CH4.3H2S/c1-17(2,3)24-16(22)19-8-4-6-10(19)15(21)23-13-12(18-14(13)20)11-7-5-9-25-11;2*9-6-5(8-7(6)10)4-2-1-3-11-4;;;;;/h5,7,9-10,12-13H,4,6,8H2,1-3H3,(H,18,20);2*1-3,5-6,9H,(H,8,10);2*1H4;3*1H2/t10?,12-,13+;2*5-,6+;;;;;/m100...../s1. The number of esters is 1. The van der Waals surface area contributed by atoms with Crippen molar-refractivity contribution < 1.29 is 43.7 Å². The first-order valence-electron chi connectivity index (χ1n) is 14.9. The van der Waals surface area contributed by atoms with E-state index < -0.39 is 42.0 Å². The molecule has 7 rings (SSSR count). The van der Waals surface area contributed by atoms with Gasteiger partial charge in [-0.05, 0) is 68.0 Å². The Morgan fingerprint density at radius 3 is 1.52 bits per heavy atom. The van der Waals surface area contributed by atoms with Crippen LogP contribution in [0.15, 0.2) is 52.5 Å². The molecule has 52 heavy (non-hydrogen) atoms. The van der Waals surface area contributed by atoms with Crippen molar-refractivity contribution in [3.05, 3.63) is 67.2 Å². The highest BCUT2D eigenvalue weighted by Crippen LogP contribution is 2.32. The first kappa shape index (κ1) is 49.2. The van der Waals surface area contributed by atoms with Crippen LogP contribution in [-0.2, 0) is 28.7 Å². The number of nitrogens with one attached hydrogen (secondary N) is 3. The first-order chi connectivity index (χ1) is 22.3. The summed E-state index contributed by atoms with van der Waals surface area (Å²) in [5.41, 5.74) is -0.633. The molecule has 4 fully saturated rings. The van der Waals surface area contributed by atoms with Crippen LogP contribution in [0.5, 0.6) is 0 Å². The fourth-order valence-corrected chi connectivity index (χ4v) is 7.48. The van der Waals surface area contributed by atoms with Crippen molar-refractivity contribution in [3.8, 4) is 0 Å². The summed E-state index contributed by atoms with van der Waals surface area (Å²) < 4.78 is 10.8. The van der Waals surface area contributed by atoms with Gasteiger partial charge < -0.3 is 35.6 Å². The largest absolute Gasteiger partial charge is 0.448 e. The van der Waals surface area contributed by atoms with Gasteiger partial charge in [-0.2, -0.15) is 40.5 Å². The fraction of sp³-hybridized carbons (Fsp3) is 0.485. The van der Waals surface area contributed by atoms with Gasteiger partial charge in [0.05, 0.1) is 12.1 Å². The highest BCUT2D eigenvalue weighted by Gasteiger charge is 2.47. The van der Waals surface area contributed by atoms with Gasteiger partial charge in [0.2, 0.25) is 6.10 Å². The second-order valence-corrected chi connectivity index (χ2v) is 15.0. The molecular weight excluding hydrogens is 789 g/mol. The quantitative estimate of drug-likeness (QED) is 0.184. The summed E-state index contributed by atoms with van der Waals surface area (Å²) >= 11 is 4.57. The van der Waals surface area contributed by atoms with Crippen molar-refractivity contribution in [1.29, 1.82) is 0 Å². The lowest BCUT2D eigenvalue weighted by atomic mass is 10.0. The predicted molar refractivity (Wildman–Crippen MR) is 218 cm³/mol. The Morgan fingerprint density at radius 2 is 1.17 bits per heavy atom. The van der Waals surface area contributed by atoms with E-state index in [1.165, 1.54) is 38.9 Å². The molecule has 13 nitrogen and oxygen atoms in total. The third-order valence-corrected chi connectivity index (χ3v) is 10.4. The van der Waals surface area contributed by atoms with E-state index >= 15 is 0 Å². The highest BCUT2D eigenvalue weighted by atomic mass is 32.1. The maximum absolute atomic E-state index is 12.5. The first-order valence-corrected chi connectivity index (χ1v) is 17.6. The number of ether oxygens (including phenoxy) is 2. The van der Waals surface area contributed by atoms with Gasteiger partial charge in [-0.25, -0.2) is 9.59 Å². The Balaban J connectivity index is 0.000000809.